The molecule has 1 aliphatic carbocycles. The first kappa shape index (κ1) is 7.50. The predicted molar refractivity (Wildman–Crippen MR) is 54.1 cm³/mol. The average molecular weight is 184 g/mol. The fourth-order valence-corrected chi connectivity index (χ4v) is 1.97. The van der Waals surface area contributed by atoms with Gasteiger partial charge < -0.3 is 4.57 Å². The highest BCUT2D eigenvalue weighted by Crippen LogP contribution is 2.29. The lowest BCUT2D eigenvalue weighted by atomic mass is 10.1. The van der Waals surface area contributed by atoms with E-state index in [2.05, 4.69) is 4.98 Å². The molecule has 1 aliphatic rings. The fraction of sp³-hybridized carbons (Fsp3) is 0.0909. The van der Waals surface area contributed by atoms with Crippen LogP contribution in [0.25, 0.3) is 17.1 Å². The minimum absolute atomic E-state index is 0.0820. The summed E-state index contributed by atoms with van der Waals surface area (Å²) >= 11 is 0. The second-order valence-electron chi connectivity index (χ2n) is 3.39. The van der Waals surface area contributed by atoms with Gasteiger partial charge in [-0.3, -0.25) is 4.79 Å². The highest BCUT2D eigenvalue weighted by atomic mass is 16.1. The van der Waals surface area contributed by atoms with Crippen LogP contribution in [0.2, 0.25) is 0 Å². The number of fused-ring (bicyclic) bond motifs is 3. The number of aryl methyl sites for hydroxylation is 1. The molecule has 0 bridgehead atoms. The summed E-state index contributed by atoms with van der Waals surface area (Å²) in [6.45, 7) is 0. The van der Waals surface area contributed by atoms with Gasteiger partial charge in [0, 0.05) is 18.6 Å². The molecule has 0 saturated heterocycles. The Labute approximate surface area is 80.7 Å². The van der Waals surface area contributed by atoms with Gasteiger partial charge in [0.05, 0.1) is 11.3 Å². The monoisotopic (exact) mass is 184 g/mol. The highest BCUT2D eigenvalue weighted by Gasteiger charge is 2.22. The number of rotatable bonds is 0. The van der Waals surface area contributed by atoms with Gasteiger partial charge in [-0.1, -0.05) is 0 Å². The van der Waals surface area contributed by atoms with Crippen LogP contribution in [0.1, 0.15) is 16.1 Å². The Morgan fingerprint density at radius 2 is 2.21 bits per heavy atom. The minimum Gasteiger partial charge on any atom is -0.328 e. The quantitative estimate of drug-likeness (QED) is 0.625. The van der Waals surface area contributed by atoms with Crippen LogP contribution < -0.4 is 0 Å². The lowest BCUT2D eigenvalue weighted by molar-refractivity contribution is 0.105. The van der Waals surface area contributed by atoms with Crippen molar-refractivity contribution in [3.05, 3.63) is 35.7 Å². The molecule has 0 N–H and O–H groups in total. The van der Waals surface area contributed by atoms with Crippen molar-refractivity contribution in [2.45, 2.75) is 0 Å². The van der Waals surface area contributed by atoms with Gasteiger partial charge in [0.25, 0.3) is 0 Å². The van der Waals surface area contributed by atoms with Crippen molar-refractivity contribution in [2.24, 2.45) is 7.05 Å². The molecule has 0 aliphatic heterocycles. The molecule has 0 radical (unpaired) electrons. The van der Waals surface area contributed by atoms with Gasteiger partial charge in [-0.2, -0.15) is 0 Å². The van der Waals surface area contributed by atoms with Crippen molar-refractivity contribution < 1.29 is 4.79 Å². The van der Waals surface area contributed by atoms with Crippen molar-refractivity contribution in [3.63, 3.8) is 0 Å². The Hall–Kier alpha value is -1.90. The first-order valence-corrected chi connectivity index (χ1v) is 4.45. The number of allylic oxidation sites excluding steroid dienone is 1. The van der Waals surface area contributed by atoms with Crippen LogP contribution in [-0.4, -0.2) is 15.3 Å². The van der Waals surface area contributed by atoms with E-state index in [4.69, 9.17) is 0 Å². The molecule has 2 aromatic heterocycles. The van der Waals surface area contributed by atoms with E-state index in [1.807, 2.05) is 29.8 Å². The summed E-state index contributed by atoms with van der Waals surface area (Å²) < 4.78 is 1.95. The molecular formula is C11H8N2O. The topological polar surface area (TPSA) is 34.9 Å². The Morgan fingerprint density at radius 1 is 1.36 bits per heavy atom. The Morgan fingerprint density at radius 3 is 3.07 bits per heavy atom. The maximum absolute atomic E-state index is 11.6. The molecule has 3 nitrogen and oxygen atoms in total. The van der Waals surface area contributed by atoms with Crippen molar-refractivity contribution >= 4 is 22.9 Å². The second-order valence-corrected chi connectivity index (χ2v) is 3.39. The number of carbonyl (C=O) groups excluding carboxylic acids is 1. The molecule has 3 heteroatoms. The molecule has 0 fully saturated rings. The third-order valence-electron chi connectivity index (χ3n) is 2.63. The molecular weight excluding hydrogens is 176 g/mol. The molecule has 2 heterocycles. The molecule has 0 saturated carbocycles. The number of hydrogen-bond donors (Lipinski definition) is 0. The Bertz CT molecular complexity index is 578. The second kappa shape index (κ2) is 2.32. The third-order valence-corrected chi connectivity index (χ3v) is 2.63. The van der Waals surface area contributed by atoms with Gasteiger partial charge in [-0.25, -0.2) is 4.98 Å². The lowest BCUT2D eigenvalue weighted by Gasteiger charge is -1.95. The molecule has 0 unspecified atom stereocenters. The van der Waals surface area contributed by atoms with Crippen LogP contribution in [-0.2, 0) is 7.05 Å². The first-order chi connectivity index (χ1) is 6.79. The molecule has 68 valence electrons. The summed E-state index contributed by atoms with van der Waals surface area (Å²) in [4.78, 5) is 15.8. The molecule has 3 rings (SSSR count). The van der Waals surface area contributed by atoms with Crippen molar-refractivity contribution in [1.82, 2.24) is 9.55 Å². The van der Waals surface area contributed by atoms with E-state index >= 15 is 0 Å². The van der Waals surface area contributed by atoms with E-state index in [9.17, 15) is 4.79 Å². The van der Waals surface area contributed by atoms with Gasteiger partial charge >= 0.3 is 0 Å². The maximum atomic E-state index is 11.6. The van der Waals surface area contributed by atoms with Crippen molar-refractivity contribution in [1.29, 1.82) is 0 Å². The Kier molecular flexibility index (Phi) is 1.24. The highest BCUT2D eigenvalue weighted by molar-refractivity contribution is 6.20. The van der Waals surface area contributed by atoms with Gasteiger partial charge in [-0.15, -0.1) is 0 Å². The van der Waals surface area contributed by atoms with Crippen LogP contribution >= 0.6 is 0 Å². The minimum atomic E-state index is 0.0820. The first-order valence-electron chi connectivity index (χ1n) is 4.45. The van der Waals surface area contributed by atoms with E-state index in [1.54, 1.807) is 12.3 Å². The lowest BCUT2D eigenvalue weighted by Crippen LogP contribution is -1.91. The van der Waals surface area contributed by atoms with Gasteiger partial charge in [0.2, 0.25) is 0 Å². The average Bonchev–Trinajstić information content (AvgIpc) is 2.70. The molecule has 0 amide bonds. The largest absolute Gasteiger partial charge is 0.328 e. The van der Waals surface area contributed by atoms with Crippen molar-refractivity contribution in [2.75, 3.05) is 0 Å². The number of ketones is 1. The third kappa shape index (κ3) is 0.719. The van der Waals surface area contributed by atoms with Crippen molar-refractivity contribution in [3.8, 4) is 0 Å². The SMILES string of the molecule is Cn1c2c(c3cccnc31)C(=O)C=C2. The zero-order valence-corrected chi connectivity index (χ0v) is 7.69. The standard InChI is InChI=1S/C11H8N2O/c1-13-8-4-5-9(14)10(8)7-3-2-6-12-11(7)13/h2-6H,1H3. The molecule has 0 spiro atoms. The van der Waals surface area contributed by atoms with Gasteiger partial charge in [0.1, 0.15) is 5.65 Å². The summed E-state index contributed by atoms with van der Waals surface area (Å²) in [5, 5.41) is 0.944. The fourth-order valence-electron chi connectivity index (χ4n) is 1.97. The van der Waals surface area contributed by atoms with Crippen LogP contribution in [0.5, 0.6) is 0 Å². The van der Waals surface area contributed by atoms with Gasteiger partial charge in [0.15, 0.2) is 5.78 Å². The van der Waals surface area contributed by atoms with Crippen LogP contribution in [0, 0.1) is 0 Å². The summed E-state index contributed by atoms with van der Waals surface area (Å²) in [7, 11) is 1.93. The zero-order valence-electron chi connectivity index (χ0n) is 7.69. The van der Waals surface area contributed by atoms with Crippen LogP contribution in [0.4, 0.5) is 0 Å². The summed E-state index contributed by atoms with van der Waals surface area (Å²) in [5.41, 5.74) is 2.62. The summed E-state index contributed by atoms with van der Waals surface area (Å²) in [6.07, 6.45) is 5.20. The van der Waals surface area contributed by atoms with E-state index in [0.29, 0.717) is 0 Å². The van der Waals surface area contributed by atoms with E-state index in [1.165, 1.54) is 0 Å². The number of aromatic nitrogens is 2. The molecule has 0 atom stereocenters. The van der Waals surface area contributed by atoms with Crippen LogP contribution in [0.15, 0.2) is 24.4 Å². The van der Waals surface area contributed by atoms with E-state index in [-0.39, 0.29) is 5.78 Å². The molecule has 0 aromatic carbocycles. The van der Waals surface area contributed by atoms with E-state index < -0.39 is 0 Å². The number of hydrogen-bond acceptors (Lipinski definition) is 2. The molecule has 2 aromatic rings. The van der Waals surface area contributed by atoms with Crippen LogP contribution in [0.3, 0.4) is 0 Å². The Balaban J connectivity index is 2.57. The number of pyridine rings is 1. The number of carbonyl (C=O) groups is 1. The van der Waals surface area contributed by atoms with E-state index in [0.717, 1.165) is 22.3 Å². The molecule has 14 heavy (non-hydrogen) atoms. The number of nitrogens with zero attached hydrogens (tertiary/aromatic N) is 2. The maximum Gasteiger partial charge on any atom is 0.188 e. The zero-order chi connectivity index (χ0) is 9.71. The summed E-state index contributed by atoms with van der Waals surface area (Å²) in [5.74, 6) is 0.0820. The predicted octanol–water partition coefficient (Wildman–Crippen LogP) is 1.78. The normalized spacial score (nSPS) is 13.9. The summed E-state index contributed by atoms with van der Waals surface area (Å²) in [6, 6.07) is 3.79. The smallest absolute Gasteiger partial charge is 0.188 e. The van der Waals surface area contributed by atoms with Gasteiger partial charge in [-0.05, 0) is 24.3 Å².